The maximum Gasteiger partial charge on any atom is 0.124 e. The highest BCUT2D eigenvalue weighted by Gasteiger charge is 2.09. The molecule has 0 atom stereocenters. The van der Waals surface area contributed by atoms with Crippen LogP contribution in [-0.4, -0.2) is 9.78 Å². The molecule has 0 aliphatic rings. The van der Waals surface area contributed by atoms with Crippen LogP contribution in [0.2, 0.25) is 0 Å². The van der Waals surface area contributed by atoms with Crippen molar-refractivity contribution in [1.29, 1.82) is 0 Å². The first-order valence-corrected chi connectivity index (χ1v) is 7.17. The van der Waals surface area contributed by atoms with Gasteiger partial charge in [0.15, 0.2) is 0 Å². The van der Waals surface area contributed by atoms with E-state index in [1.807, 2.05) is 22.9 Å². The molecule has 0 N–H and O–H groups in total. The van der Waals surface area contributed by atoms with Crippen molar-refractivity contribution in [1.82, 2.24) is 9.78 Å². The molecule has 0 radical (unpaired) electrons. The number of hydrogen-bond acceptors (Lipinski definition) is 1. The Kier molecular flexibility index (Phi) is 3.50. The molecule has 0 unspecified atom stereocenters. The van der Waals surface area contributed by atoms with Gasteiger partial charge in [0.2, 0.25) is 0 Å². The van der Waals surface area contributed by atoms with E-state index in [9.17, 15) is 4.39 Å². The Morgan fingerprint density at radius 2 is 1.89 bits per heavy atom. The van der Waals surface area contributed by atoms with E-state index in [2.05, 4.69) is 39.8 Å². The minimum absolute atomic E-state index is 0.215. The van der Waals surface area contributed by atoms with Crippen molar-refractivity contribution in [2.24, 2.45) is 0 Å². The Morgan fingerprint density at radius 3 is 2.68 bits per heavy atom. The second kappa shape index (κ2) is 5.28. The van der Waals surface area contributed by atoms with Crippen LogP contribution in [0, 0.1) is 9.52 Å². The second-order valence-corrected chi connectivity index (χ2v) is 5.43. The first kappa shape index (κ1) is 12.6. The van der Waals surface area contributed by atoms with Gasteiger partial charge < -0.3 is 0 Å². The normalized spacial score (nSPS) is 11.1. The lowest BCUT2D eigenvalue weighted by molar-refractivity contribution is 0.607. The zero-order chi connectivity index (χ0) is 13.2. The van der Waals surface area contributed by atoms with Crippen LogP contribution < -0.4 is 0 Å². The molecule has 0 aliphatic heterocycles. The Morgan fingerprint density at radius 1 is 1.11 bits per heavy atom. The molecule has 0 saturated heterocycles. The fourth-order valence-corrected chi connectivity index (χ4v) is 2.88. The number of rotatable bonds is 3. The Balaban J connectivity index is 1.87. The summed E-state index contributed by atoms with van der Waals surface area (Å²) in [4.78, 5) is 0. The van der Waals surface area contributed by atoms with E-state index in [0.717, 1.165) is 27.6 Å². The highest BCUT2D eigenvalue weighted by molar-refractivity contribution is 14.1. The molecule has 0 fully saturated rings. The molecule has 1 heterocycles. The SMILES string of the molecule is Fc1ccc2nn(CCc3ccccc3)c(I)c2c1. The van der Waals surface area contributed by atoms with Crippen molar-refractivity contribution in [2.75, 3.05) is 0 Å². The molecule has 19 heavy (non-hydrogen) atoms. The van der Waals surface area contributed by atoms with Crippen LogP contribution in [0.4, 0.5) is 4.39 Å². The van der Waals surface area contributed by atoms with Crippen molar-refractivity contribution < 1.29 is 4.39 Å². The largest absolute Gasteiger partial charge is 0.258 e. The number of hydrogen-bond donors (Lipinski definition) is 0. The van der Waals surface area contributed by atoms with E-state index in [1.165, 1.54) is 11.6 Å². The third kappa shape index (κ3) is 2.63. The average molecular weight is 366 g/mol. The molecule has 0 amide bonds. The molecular formula is C15H12FIN2. The minimum Gasteiger partial charge on any atom is -0.258 e. The molecule has 3 rings (SSSR count). The maximum atomic E-state index is 13.2. The van der Waals surface area contributed by atoms with Crippen molar-refractivity contribution in [2.45, 2.75) is 13.0 Å². The summed E-state index contributed by atoms with van der Waals surface area (Å²) >= 11 is 2.23. The Bertz CT molecular complexity index is 707. The lowest BCUT2D eigenvalue weighted by atomic mass is 10.1. The van der Waals surface area contributed by atoms with Crippen LogP contribution in [0.15, 0.2) is 48.5 Å². The highest BCUT2D eigenvalue weighted by Crippen LogP contribution is 2.21. The van der Waals surface area contributed by atoms with Crippen molar-refractivity contribution in [3.63, 3.8) is 0 Å². The predicted molar refractivity (Wildman–Crippen MR) is 82.6 cm³/mol. The zero-order valence-electron chi connectivity index (χ0n) is 10.2. The number of nitrogens with zero attached hydrogens (tertiary/aromatic N) is 2. The third-order valence-corrected chi connectivity index (χ3v) is 4.23. The quantitative estimate of drug-likeness (QED) is 0.641. The number of aryl methyl sites for hydroxylation is 2. The monoisotopic (exact) mass is 366 g/mol. The van der Waals surface area contributed by atoms with Gasteiger partial charge in [-0.25, -0.2) is 4.39 Å². The molecule has 0 bridgehead atoms. The van der Waals surface area contributed by atoms with E-state index in [1.54, 1.807) is 12.1 Å². The van der Waals surface area contributed by atoms with Crippen LogP contribution in [0.3, 0.4) is 0 Å². The summed E-state index contributed by atoms with van der Waals surface area (Å²) in [5.74, 6) is -0.215. The van der Waals surface area contributed by atoms with Crippen molar-refractivity contribution in [3.8, 4) is 0 Å². The van der Waals surface area contributed by atoms with Crippen LogP contribution in [0.1, 0.15) is 5.56 Å². The number of aromatic nitrogens is 2. The molecule has 1 aromatic heterocycles. The topological polar surface area (TPSA) is 17.8 Å². The fourth-order valence-electron chi connectivity index (χ4n) is 2.10. The lowest BCUT2D eigenvalue weighted by Gasteiger charge is -2.03. The summed E-state index contributed by atoms with van der Waals surface area (Å²) in [5, 5.41) is 5.39. The molecule has 4 heteroatoms. The maximum absolute atomic E-state index is 13.2. The molecule has 3 aromatic rings. The van der Waals surface area contributed by atoms with Gasteiger partial charge in [-0.15, -0.1) is 0 Å². The number of benzene rings is 2. The van der Waals surface area contributed by atoms with Gasteiger partial charge in [0.05, 0.1) is 5.52 Å². The molecule has 2 nitrogen and oxygen atoms in total. The van der Waals surface area contributed by atoms with Gasteiger partial charge in [-0.2, -0.15) is 5.10 Å². The van der Waals surface area contributed by atoms with Gasteiger partial charge in [-0.3, -0.25) is 4.68 Å². The minimum atomic E-state index is -0.215. The summed E-state index contributed by atoms with van der Waals surface area (Å²) in [6.45, 7) is 0.804. The third-order valence-electron chi connectivity index (χ3n) is 3.09. The van der Waals surface area contributed by atoms with Gasteiger partial charge in [0.25, 0.3) is 0 Å². The van der Waals surface area contributed by atoms with E-state index < -0.39 is 0 Å². The zero-order valence-corrected chi connectivity index (χ0v) is 12.3. The first-order valence-electron chi connectivity index (χ1n) is 6.09. The van der Waals surface area contributed by atoms with Crippen molar-refractivity contribution in [3.05, 3.63) is 63.6 Å². The lowest BCUT2D eigenvalue weighted by Crippen LogP contribution is -2.04. The highest BCUT2D eigenvalue weighted by atomic mass is 127. The number of halogens is 2. The smallest absolute Gasteiger partial charge is 0.124 e. The van der Waals surface area contributed by atoms with Crippen LogP contribution in [0.25, 0.3) is 10.9 Å². The van der Waals surface area contributed by atoms with Gasteiger partial charge in [-0.05, 0) is 52.8 Å². The second-order valence-electron chi connectivity index (χ2n) is 4.41. The summed E-state index contributed by atoms with van der Waals surface area (Å²) < 4.78 is 16.2. The van der Waals surface area contributed by atoms with Crippen molar-refractivity contribution >= 4 is 33.5 Å². The Hall–Kier alpha value is -1.43. The first-order chi connectivity index (χ1) is 9.24. The van der Waals surface area contributed by atoms with Gasteiger partial charge in [-0.1, -0.05) is 30.3 Å². The average Bonchev–Trinajstić information content (AvgIpc) is 2.74. The fraction of sp³-hybridized carbons (Fsp3) is 0.133. The van der Waals surface area contributed by atoms with E-state index >= 15 is 0 Å². The molecule has 2 aromatic carbocycles. The summed E-state index contributed by atoms with van der Waals surface area (Å²) in [6.07, 6.45) is 0.924. The molecular weight excluding hydrogens is 354 g/mol. The van der Waals surface area contributed by atoms with Crippen LogP contribution in [-0.2, 0) is 13.0 Å². The van der Waals surface area contributed by atoms with E-state index in [4.69, 9.17) is 0 Å². The summed E-state index contributed by atoms with van der Waals surface area (Å²) in [5.41, 5.74) is 2.13. The van der Waals surface area contributed by atoms with Gasteiger partial charge >= 0.3 is 0 Å². The summed E-state index contributed by atoms with van der Waals surface area (Å²) in [7, 11) is 0. The number of fused-ring (bicyclic) bond motifs is 1. The molecule has 0 spiro atoms. The molecule has 0 aliphatic carbocycles. The van der Waals surface area contributed by atoms with Crippen LogP contribution in [0.5, 0.6) is 0 Å². The molecule has 0 saturated carbocycles. The standard InChI is InChI=1S/C15H12FIN2/c16-12-6-7-14-13(10-12)15(17)19(18-14)9-8-11-4-2-1-3-5-11/h1-7,10H,8-9H2. The summed E-state index contributed by atoms with van der Waals surface area (Å²) in [6, 6.07) is 15.0. The predicted octanol–water partition coefficient (Wildman–Crippen LogP) is 4.02. The van der Waals surface area contributed by atoms with Gasteiger partial charge in [0.1, 0.15) is 9.52 Å². The Labute approximate surface area is 124 Å². The van der Waals surface area contributed by atoms with E-state index in [0.29, 0.717) is 0 Å². The van der Waals surface area contributed by atoms with Crippen LogP contribution >= 0.6 is 22.6 Å². The van der Waals surface area contributed by atoms with Gasteiger partial charge in [0, 0.05) is 11.9 Å². The molecule has 96 valence electrons. The van der Waals surface area contributed by atoms with E-state index in [-0.39, 0.29) is 5.82 Å².